The minimum Gasteiger partial charge on any atom is -0.456 e. The van der Waals surface area contributed by atoms with Gasteiger partial charge >= 0.3 is 0 Å². The van der Waals surface area contributed by atoms with E-state index in [0.29, 0.717) is 28.4 Å². The van der Waals surface area contributed by atoms with Crippen LogP contribution in [0, 0.1) is 5.82 Å². The first-order chi connectivity index (χ1) is 16.8. The molecule has 1 aliphatic heterocycles. The third-order valence-corrected chi connectivity index (χ3v) is 6.12. The van der Waals surface area contributed by atoms with Gasteiger partial charge < -0.3 is 19.8 Å². The van der Waals surface area contributed by atoms with E-state index in [1.165, 1.54) is 29.2 Å². The van der Waals surface area contributed by atoms with E-state index in [2.05, 4.69) is 0 Å². The number of nitrogens with zero attached hydrogens (tertiary/aromatic N) is 1. The number of ether oxygens (including phenoxy) is 1. The van der Waals surface area contributed by atoms with Crippen LogP contribution in [-0.4, -0.2) is 29.8 Å². The van der Waals surface area contributed by atoms with Gasteiger partial charge in [0.1, 0.15) is 17.3 Å². The molecular formula is C27H23F3N2O3. The van der Waals surface area contributed by atoms with Gasteiger partial charge in [-0.25, -0.2) is 13.2 Å². The first kappa shape index (κ1) is 23.0. The van der Waals surface area contributed by atoms with E-state index < -0.39 is 5.92 Å². The van der Waals surface area contributed by atoms with Crippen LogP contribution in [0.4, 0.5) is 13.2 Å². The van der Waals surface area contributed by atoms with E-state index in [-0.39, 0.29) is 44.2 Å². The Labute approximate surface area is 199 Å². The summed E-state index contributed by atoms with van der Waals surface area (Å²) in [6.45, 7) is 0.301. The second-order valence-electron chi connectivity index (χ2n) is 8.59. The molecule has 5 nitrogen and oxygen atoms in total. The van der Waals surface area contributed by atoms with Gasteiger partial charge in [-0.3, -0.25) is 4.79 Å². The van der Waals surface area contributed by atoms with E-state index in [9.17, 15) is 18.0 Å². The first-order valence-corrected chi connectivity index (χ1v) is 11.3. The van der Waals surface area contributed by atoms with E-state index in [1.54, 1.807) is 30.3 Å². The summed E-state index contributed by atoms with van der Waals surface area (Å²) in [6.07, 6.45) is -0.633. The number of fused-ring (bicyclic) bond motifs is 1. The number of rotatable bonds is 5. The molecule has 0 radical (unpaired) electrons. The van der Waals surface area contributed by atoms with Gasteiger partial charge in [0.05, 0.1) is 6.54 Å². The van der Waals surface area contributed by atoms with Crippen molar-refractivity contribution in [3.05, 3.63) is 83.9 Å². The Balaban J connectivity index is 1.44. The summed E-state index contributed by atoms with van der Waals surface area (Å²) in [5.41, 5.74) is 8.35. The molecule has 0 bridgehead atoms. The fourth-order valence-electron chi connectivity index (χ4n) is 4.17. The van der Waals surface area contributed by atoms with Crippen molar-refractivity contribution in [3.8, 4) is 22.6 Å². The molecule has 1 fully saturated rings. The zero-order valence-corrected chi connectivity index (χ0v) is 18.8. The molecule has 5 rings (SSSR count). The number of hydrogen-bond donors (Lipinski definition) is 1. The molecular weight excluding hydrogens is 457 g/mol. The maximum absolute atomic E-state index is 13.4. The van der Waals surface area contributed by atoms with E-state index in [1.807, 2.05) is 12.1 Å². The van der Waals surface area contributed by atoms with Gasteiger partial charge in [0.25, 0.3) is 11.8 Å². The van der Waals surface area contributed by atoms with Crippen LogP contribution in [0.1, 0.15) is 29.0 Å². The molecule has 180 valence electrons. The Bertz CT molecular complexity index is 1360. The van der Waals surface area contributed by atoms with Crippen molar-refractivity contribution in [1.82, 2.24) is 4.90 Å². The number of hydrogen-bond acceptors (Lipinski definition) is 4. The Morgan fingerprint density at radius 1 is 0.971 bits per heavy atom. The number of carbonyl (C=O) groups excluding carboxylic acids is 1. The van der Waals surface area contributed by atoms with Crippen molar-refractivity contribution >= 4 is 16.9 Å². The zero-order valence-electron chi connectivity index (χ0n) is 18.8. The molecule has 0 atom stereocenters. The van der Waals surface area contributed by atoms with Crippen LogP contribution in [0.2, 0.25) is 0 Å². The highest BCUT2D eigenvalue weighted by atomic mass is 19.3. The summed E-state index contributed by atoms with van der Waals surface area (Å²) in [4.78, 5) is 14.2. The second kappa shape index (κ2) is 9.11. The average Bonchev–Trinajstić information content (AvgIpc) is 3.29. The van der Waals surface area contributed by atoms with E-state index in [0.717, 1.165) is 16.5 Å². The first-order valence-electron chi connectivity index (χ1n) is 11.3. The number of halogens is 3. The highest BCUT2D eigenvalue weighted by molar-refractivity contribution is 5.95. The van der Waals surface area contributed by atoms with Crippen LogP contribution in [0.25, 0.3) is 22.1 Å². The number of piperidine rings is 1. The third kappa shape index (κ3) is 4.88. The van der Waals surface area contributed by atoms with E-state index in [4.69, 9.17) is 14.9 Å². The number of carbonyl (C=O) groups is 1. The van der Waals surface area contributed by atoms with Gasteiger partial charge in [-0.2, -0.15) is 0 Å². The maximum atomic E-state index is 13.4. The van der Waals surface area contributed by atoms with Crippen LogP contribution in [0.5, 0.6) is 11.5 Å². The molecule has 1 aromatic heterocycles. The molecule has 1 amide bonds. The molecule has 4 aromatic rings. The molecule has 1 saturated heterocycles. The lowest BCUT2D eigenvalue weighted by molar-refractivity contribution is -0.0494. The minimum atomic E-state index is -2.70. The molecule has 0 spiro atoms. The smallest absolute Gasteiger partial charge is 0.253 e. The highest BCUT2D eigenvalue weighted by Gasteiger charge is 2.35. The quantitative estimate of drug-likeness (QED) is 0.361. The highest BCUT2D eigenvalue weighted by Crippen LogP contribution is 2.37. The predicted octanol–water partition coefficient (Wildman–Crippen LogP) is 6.36. The second-order valence-corrected chi connectivity index (χ2v) is 8.59. The summed E-state index contributed by atoms with van der Waals surface area (Å²) in [6, 6.07) is 18.2. The molecule has 35 heavy (non-hydrogen) atoms. The summed E-state index contributed by atoms with van der Waals surface area (Å²) >= 11 is 0. The fraction of sp³-hybridized carbons (Fsp3) is 0.222. The van der Waals surface area contributed by atoms with Gasteiger partial charge in [-0.1, -0.05) is 12.1 Å². The van der Waals surface area contributed by atoms with E-state index >= 15 is 0 Å². The van der Waals surface area contributed by atoms with Crippen LogP contribution in [0.15, 0.2) is 71.1 Å². The largest absolute Gasteiger partial charge is 0.456 e. The lowest BCUT2D eigenvalue weighted by atomic mass is 10.0. The Morgan fingerprint density at radius 3 is 2.31 bits per heavy atom. The molecule has 0 unspecified atom stereocenters. The summed E-state index contributed by atoms with van der Waals surface area (Å²) in [5, 5.41) is 0.787. The number of amides is 1. The van der Waals surface area contributed by atoms with Gasteiger partial charge in [0, 0.05) is 36.9 Å². The van der Waals surface area contributed by atoms with Crippen LogP contribution >= 0.6 is 0 Å². The molecule has 2 heterocycles. The van der Waals surface area contributed by atoms with Crippen molar-refractivity contribution in [2.45, 2.75) is 25.3 Å². The monoisotopic (exact) mass is 480 g/mol. The molecule has 2 N–H and O–H groups in total. The van der Waals surface area contributed by atoms with Gasteiger partial charge in [0.15, 0.2) is 11.3 Å². The summed E-state index contributed by atoms with van der Waals surface area (Å²) < 4.78 is 52.0. The average molecular weight is 480 g/mol. The number of alkyl halides is 2. The van der Waals surface area contributed by atoms with Gasteiger partial charge in [-0.05, 0) is 65.7 Å². The number of furan rings is 1. The Kier molecular flexibility index (Phi) is 5.98. The van der Waals surface area contributed by atoms with Crippen molar-refractivity contribution in [2.75, 3.05) is 13.1 Å². The zero-order chi connectivity index (χ0) is 24.6. The van der Waals surface area contributed by atoms with Gasteiger partial charge in [-0.15, -0.1) is 0 Å². The number of benzene rings is 3. The van der Waals surface area contributed by atoms with Gasteiger partial charge in [0.2, 0.25) is 0 Å². The van der Waals surface area contributed by atoms with Crippen molar-refractivity contribution in [1.29, 1.82) is 0 Å². The Morgan fingerprint density at radius 2 is 1.66 bits per heavy atom. The SMILES string of the molecule is NCc1cc2cc(-c3ccc(C(=O)N4CCC(F)(F)CC4)cc3)cc(Oc3ccc(F)cc3)c2o1. The van der Waals surface area contributed by atoms with Crippen molar-refractivity contribution in [3.63, 3.8) is 0 Å². The molecule has 1 aliphatic rings. The standard InChI is InChI=1S/C27H23F3N2O3/c28-21-5-7-22(8-6-21)34-24-15-19(13-20-14-23(16-31)35-25(20)24)17-1-3-18(4-2-17)26(33)32-11-9-27(29,30)10-12-32/h1-8,13-15H,9-12,16,31H2. The summed E-state index contributed by atoms with van der Waals surface area (Å²) in [5.74, 6) is -1.85. The van der Waals surface area contributed by atoms with Crippen LogP contribution in [-0.2, 0) is 6.54 Å². The number of nitrogens with two attached hydrogens (primary N) is 1. The maximum Gasteiger partial charge on any atom is 0.253 e. The lowest BCUT2D eigenvalue weighted by Crippen LogP contribution is -2.42. The topological polar surface area (TPSA) is 68.7 Å². The lowest BCUT2D eigenvalue weighted by Gasteiger charge is -2.31. The molecule has 8 heteroatoms. The fourth-order valence-corrected chi connectivity index (χ4v) is 4.17. The predicted molar refractivity (Wildman–Crippen MR) is 126 cm³/mol. The molecule has 0 aliphatic carbocycles. The normalized spacial score (nSPS) is 15.4. The third-order valence-electron chi connectivity index (χ3n) is 6.12. The van der Waals surface area contributed by atoms with Crippen LogP contribution in [0.3, 0.4) is 0 Å². The minimum absolute atomic E-state index is 0.0400. The van der Waals surface area contributed by atoms with Crippen LogP contribution < -0.4 is 10.5 Å². The summed E-state index contributed by atoms with van der Waals surface area (Å²) in [7, 11) is 0. The van der Waals surface area contributed by atoms with Crippen molar-refractivity contribution in [2.24, 2.45) is 5.73 Å². The number of likely N-dealkylation sites (tertiary alicyclic amines) is 1. The molecule has 0 saturated carbocycles. The Hall–Kier alpha value is -3.78. The molecule has 3 aromatic carbocycles. The van der Waals surface area contributed by atoms with Crippen molar-refractivity contribution < 1.29 is 27.1 Å².